The fourth-order valence-electron chi connectivity index (χ4n) is 2.70. The summed E-state index contributed by atoms with van der Waals surface area (Å²) >= 11 is 0. The molecule has 0 aromatic heterocycles. The average Bonchev–Trinajstić information content (AvgIpc) is 2.68. The van der Waals surface area contributed by atoms with Gasteiger partial charge in [-0.3, -0.25) is 20.0 Å². The molecule has 3 rings (SSSR count). The van der Waals surface area contributed by atoms with Gasteiger partial charge in [0.05, 0.1) is 12.2 Å². The van der Waals surface area contributed by atoms with Crippen molar-refractivity contribution in [3.8, 4) is 0 Å². The molecule has 5 nitrogen and oxygen atoms in total. The van der Waals surface area contributed by atoms with Crippen molar-refractivity contribution >= 4 is 23.2 Å². The third-order valence-corrected chi connectivity index (χ3v) is 3.93. The SMILES string of the molecule is CC(=O)Nc1cccc(C(=O)NN(Cc2ccccc2)c2ccccc2)c1. The minimum atomic E-state index is -0.248. The second-order valence-corrected chi connectivity index (χ2v) is 6.11. The number of hydrogen-bond donors (Lipinski definition) is 2. The fourth-order valence-corrected chi connectivity index (χ4v) is 2.70. The van der Waals surface area contributed by atoms with E-state index < -0.39 is 0 Å². The lowest BCUT2D eigenvalue weighted by atomic mass is 10.2. The molecule has 0 bridgehead atoms. The van der Waals surface area contributed by atoms with E-state index in [1.54, 1.807) is 24.3 Å². The molecule has 0 radical (unpaired) electrons. The summed E-state index contributed by atoms with van der Waals surface area (Å²) in [6.45, 7) is 1.96. The van der Waals surface area contributed by atoms with E-state index in [0.717, 1.165) is 11.3 Å². The van der Waals surface area contributed by atoms with Gasteiger partial charge in [-0.25, -0.2) is 0 Å². The molecule has 136 valence electrons. The van der Waals surface area contributed by atoms with Gasteiger partial charge in [0.1, 0.15) is 0 Å². The number of hydrazine groups is 1. The van der Waals surface area contributed by atoms with Gasteiger partial charge in [-0.1, -0.05) is 54.6 Å². The molecule has 0 atom stereocenters. The number of hydrogen-bond acceptors (Lipinski definition) is 3. The largest absolute Gasteiger partial charge is 0.326 e. The van der Waals surface area contributed by atoms with Crippen molar-refractivity contribution in [2.24, 2.45) is 0 Å². The van der Waals surface area contributed by atoms with E-state index in [-0.39, 0.29) is 11.8 Å². The van der Waals surface area contributed by atoms with Crippen LogP contribution in [0.15, 0.2) is 84.9 Å². The topological polar surface area (TPSA) is 61.4 Å². The molecule has 0 aliphatic rings. The summed E-state index contributed by atoms with van der Waals surface area (Å²) in [7, 11) is 0. The van der Waals surface area contributed by atoms with Crippen LogP contribution in [-0.4, -0.2) is 11.8 Å². The van der Waals surface area contributed by atoms with Crippen LogP contribution >= 0.6 is 0 Å². The highest BCUT2D eigenvalue weighted by atomic mass is 16.2. The second kappa shape index (κ2) is 8.67. The molecule has 0 spiro atoms. The van der Waals surface area contributed by atoms with E-state index in [9.17, 15) is 9.59 Å². The van der Waals surface area contributed by atoms with E-state index in [2.05, 4.69) is 10.7 Å². The molecule has 5 heteroatoms. The third-order valence-electron chi connectivity index (χ3n) is 3.93. The standard InChI is InChI=1S/C22H21N3O2/c1-17(26)23-20-12-8-11-19(15-20)22(27)24-25(21-13-6-3-7-14-21)16-18-9-4-2-5-10-18/h2-15H,16H2,1H3,(H,23,26)(H,24,27). The smallest absolute Gasteiger partial charge is 0.269 e. The van der Waals surface area contributed by atoms with Crippen molar-refractivity contribution in [3.63, 3.8) is 0 Å². The molecule has 0 heterocycles. The van der Waals surface area contributed by atoms with Crippen molar-refractivity contribution in [2.75, 3.05) is 10.3 Å². The number of nitrogens with zero attached hydrogens (tertiary/aromatic N) is 1. The maximum atomic E-state index is 12.8. The average molecular weight is 359 g/mol. The number of carbonyl (C=O) groups excluding carboxylic acids is 2. The van der Waals surface area contributed by atoms with E-state index in [1.165, 1.54) is 6.92 Å². The molecule has 2 N–H and O–H groups in total. The minimum Gasteiger partial charge on any atom is -0.326 e. The minimum absolute atomic E-state index is 0.178. The summed E-state index contributed by atoms with van der Waals surface area (Å²) in [5.41, 5.74) is 5.98. The Morgan fingerprint density at radius 2 is 1.52 bits per heavy atom. The molecule has 0 saturated carbocycles. The molecule has 0 aliphatic carbocycles. The number of carbonyl (C=O) groups is 2. The fraction of sp³-hybridized carbons (Fsp3) is 0.0909. The monoisotopic (exact) mass is 359 g/mol. The van der Waals surface area contributed by atoms with Crippen molar-refractivity contribution in [1.29, 1.82) is 0 Å². The first-order valence-corrected chi connectivity index (χ1v) is 8.67. The van der Waals surface area contributed by atoms with Crippen molar-refractivity contribution in [3.05, 3.63) is 96.1 Å². The third kappa shape index (κ3) is 5.19. The molecule has 0 fully saturated rings. The summed E-state index contributed by atoms with van der Waals surface area (Å²) in [5, 5.41) is 4.50. The Morgan fingerprint density at radius 1 is 0.852 bits per heavy atom. The normalized spacial score (nSPS) is 10.1. The summed E-state index contributed by atoms with van der Waals surface area (Å²) in [6, 6.07) is 26.5. The maximum Gasteiger partial charge on any atom is 0.269 e. The van der Waals surface area contributed by atoms with Crippen LogP contribution in [0, 0.1) is 0 Å². The van der Waals surface area contributed by atoms with Crippen LogP contribution in [0.5, 0.6) is 0 Å². The predicted octanol–water partition coefficient (Wildman–Crippen LogP) is 4.00. The number of para-hydroxylation sites is 1. The Kier molecular flexibility index (Phi) is 5.84. The van der Waals surface area contributed by atoms with Crippen molar-refractivity contribution < 1.29 is 9.59 Å². The quantitative estimate of drug-likeness (QED) is 0.654. The van der Waals surface area contributed by atoms with Gasteiger partial charge < -0.3 is 5.32 Å². The molecule has 2 amide bonds. The molecule has 0 saturated heterocycles. The molecular formula is C22H21N3O2. The first-order valence-electron chi connectivity index (χ1n) is 8.67. The van der Waals surface area contributed by atoms with Crippen LogP contribution in [0.1, 0.15) is 22.8 Å². The van der Waals surface area contributed by atoms with Gasteiger partial charge in [0.2, 0.25) is 5.91 Å². The highest BCUT2D eigenvalue weighted by Gasteiger charge is 2.13. The number of anilines is 2. The van der Waals surface area contributed by atoms with Crippen LogP contribution in [0.3, 0.4) is 0 Å². The van der Waals surface area contributed by atoms with Crippen molar-refractivity contribution in [2.45, 2.75) is 13.5 Å². The number of rotatable bonds is 6. The Morgan fingerprint density at radius 3 is 2.19 bits per heavy atom. The summed E-state index contributed by atoms with van der Waals surface area (Å²) in [4.78, 5) is 24.0. The predicted molar refractivity (Wildman–Crippen MR) is 107 cm³/mol. The first kappa shape index (κ1) is 18.2. The van der Waals surface area contributed by atoms with Gasteiger partial charge in [-0.2, -0.15) is 0 Å². The Bertz CT molecular complexity index is 911. The summed E-state index contributed by atoms with van der Waals surface area (Å²) in [6.07, 6.45) is 0. The van der Waals surface area contributed by atoms with Crippen LogP contribution in [0.2, 0.25) is 0 Å². The highest BCUT2D eigenvalue weighted by molar-refractivity contribution is 5.97. The maximum absolute atomic E-state index is 12.8. The molecule has 3 aromatic carbocycles. The molecule has 0 aliphatic heterocycles. The first-order chi connectivity index (χ1) is 13.1. The summed E-state index contributed by atoms with van der Waals surface area (Å²) < 4.78 is 0. The zero-order chi connectivity index (χ0) is 19.1. The Balaban J connectivity index is 1.81. The van der Waals surface area contributed by atoms with Crippen LogP contribution in [0.4, 0.5) is 11.4 Å². The zero-order valence-corrected chi connectivity index (χ0v) is 15.1. The summed E-state index contributed by atoms with van der Waals surface area (Å²) in [5.74, 6) is -0.426. The Labute approximate surface area is 158 Å². The van der Waals surface area contributed by atoms with E-state index in [0.29, 0.717) is 17.8 Å². The lowest BCUT2D eigenvalue weighted by molar-refractivity contribution is -0.114. The van der Waals surface area contributed by atoms with Crippen LogP contribution in [-0.2, 0) is 11.3 Å². The molecule has 0 unspecified atom stereocenters. The van der Waals surface area contributed by atoms with Gasteiger partial charge in [-0.15, -0.1) is 0 Å². The van der Waals surface area contributed by atoms with Crippen LogP contribution < -0.4 is 15.8 Å². The van der Waals surface area contributed by atoms with E-state index in [4.69, 9.17) is 0 Å². The van der Waals surface area contributed by atoms with Gasteiger partial charge in [0, 0.05) is 18.2 Å². The number of nitrogens with one attached hydrogen (secondary N) is 2. The van der Waals surface area contributed by atoms with Crippen LogP contribution in [0.25, 0.3) is 0 Å². The van der Waals surface area contributed by atoms with E-state index in [1.807, 2.05) is 65.7 Å². The second-order valence-electron chi connectivity index (χ2n) is 6.11. The van der Waals surface area contributed by atoms with Gasteiger partial charge >= 0.3 is 0 Å². The zero-order valence-electron chi connectivity index (χ0n) is 15.1. The number of benzene rings is 3. The van der Waals surface area contributed by atoms with Gasteiger partial charge in [0.15, 0.2) is 0 Å². The van der Waals surface area contributed by atoms with Gasteiger partial charge in [-0.05, 0) is 35.9 Å². The van der Waals surface area contributed by atoms with Crippen molar-refractivity contribution in [1.82, 2.24) is 5.43 Å². The molecule has 3 aromatic rings. The molecular weight excluding hydrogens is 338 g/mol. The Hall–Kier alpha value is -3.60. The highest BCUT2D eigenvalue weighted by Crippen LogP contribution is 2.16. The lowest BCUT2D eigenvalue weighted by Crippen LogP contribution is -2.42. The lowest BCUT2D eigenvalue weighted by Gasteiger charge is -2.25. The number of amides is 2. The molecule has 27 heavy (non-hydrogen) atoms. The van der Waals surface area contributed by atoms with E-state index >= 15 is 0 Å². The van der Waals surface area contributed by atoms with Gasteiger partial charge in [0.25, 0.3) is 5.91 Å².